The van der Waals surface area contributed by atoms with Gasteiger partial charge in [0.1, 0.15) is 5.82 Å². The Morgan fingerprint density at radius 1 is 1.53 bits per heavy atom. The Hall–Kier alpha value is -1.43. The zero-order chi connectivity index (χ0) is 14.3. The molecule has 0 fully saturated rings. The number of nitrogens with one attached hydrogen (secondary N) is 2. The quantitative estimate of drug-likeness (QED) is 0.793. The van der Waals surface area contributed by atoms with Gasteiger partial charge in [-0.1, -0.05) is 0 Å². The Kier molecular flexibility index (Phi) is 6.49. The van der Waals surface area contributed by atoms with E-state index in [1.54, 1.807) is 24.6 Å². The van der Waals surface area contributed by atoms with Crippen LogP contribution in [0.1, 0.15) is 30.6 Å². The van der Waals surface area contributed by atoms with Gasteiger partial charge in [-0.3, -0.25) is 9.00 Å². The van der Waals surface area contributed by atoms with E-state index in [1.165, 1.54) is 0 Å². The molecule has 1 heterocycles. The minimum Gasteiger partial charge on any atom is -0.370 e. The van der Waals surface area contributed by atoms with E-state index in [2.05, 4.69) is 15.6 Å². The van der Waals surface area contributed by atoms with Crippen LogP contribution in [0.3, 0.4) is 0 Å². The molecule has 6 heteroatoms. The first-order chi connectivity index (χ1) is 9.02. The van der Waals surface area contributed by atoms with E-state index in [-0.39, 0.29) is 11.9 Å². The number of hydrogen-bond acceptors (Lipinski definition) is 4. The molecule has 2 N–H and O–H groups in total. The van der Waals surface area contributed by atoms with E-state index < -0.39 is 10.8 Å². The van der Waals surface area contributed by atoms with Crippen molar-refractivity contribution in [3.05, 3.63) is 23.9 Å². The van der Waals surface area contributed by atoms with Gasteiger partial charge >= 0.3 is 0 Å². The monoisotopic (exact) mass is 283 g/mol. The van der Waals surface area contributed by atoms with Crippen LogP contribution in [0.4, 0.5) is 5.82 Å². The smallest absolute Gasteiger partial charge is 0.251 e. The number of amides is 1. The molecule has 0 aliphatic heterocycles. The number of aromatic nitrogens is 1. The molecule has 0 aromatic carbocycles. The van der Waals surface area contributed by atoms with E-state index in [0.717, 1.165) is 6.54 Å². The van der Waals surface area contributed by atoms with Crippen LogP contribution in [0.25, 0.3) is 0 Å². The lowest BCUT2D eigenvalue weighted by atomic mass is 10.2. The average molecular weight is 283 g/mol. The fourth-order valence-electron chi connectivity index (χ4n) is 1.57. The Morgan fingerprint density at radius 3 is 2.89 bits per heavy atom. The molecular weight excluding hydrogens is 262 g/mol. The zero-order valence-corrected chi connectivity index (χ0v) is 12.4. The lowest BCUT2D eigenvalue weighted by molar-refractivity contribution is 0.0939. The van der Waals surface area contributed by atoms with E-state index in [9.17, 15) is 9.00 Å². The summed E-state index contributed by atoms with van der Waals surface area (Å²) < 4.78 is 11.0. The Bertz CT molecular complexity index is 451. The summed E-state index contributed by atoms with van der Waals surface area (Å²) >= 11 is 0. The van der Waals surface area contributed by atoms with Crippen LogP contribution in [-0.4, -0.2) is 39.7 Å². The second-order valence-corrected chi connectivity index (χ2v) is 5.96. The number of anilines is 1. The number of pyridine rings is 1. The molecule has 0 saturated heterocycles. The van der Waals surface area contributed by atoms with Gasteiger partial charge in [0, 0.05) is 47.2 Å². The highest BCUT2D eigenvalue weighted by Crippen LogP contribution is 2.07. The molecule has 19 heavy (non-hydrogen) atoms. The SMILES string of the molecule is CCNc1cc(C(=O)NC(C)CCS(C)=O)ccn1. The molecule has 1 aromatic rings. The van der Waals surface area contributed by atoms with Gasteiger partial charge in [0.15, 0.2) is 0 Å². The third-order valence-electron chi connectivity index (χ3n) is 2.60. The van der Waals surface area contributed by atoms with E-state index in [4.69, 9.17) is 0 Å². The molecule has 1 rings (SSSR count). The standard InChI is InChI=1S/C13H21N3O2S/c1-4-14-12-9-11(5-7-15-12)13(17)16-10(2)6-8-19(3)18/h5,7,9-10H,4,6,8H2,1-3H3,(H,14,15)(H,16,17). The molecule has 0 radical (unpaired) electrons. The summed E-state index contributed by atoms with van der Waals surface area (Å²) in [5.41, 5.74) is 0.579. The molecule has 5 nitrogen and oxygen atoms in total. The fourth-order valence-corrected chi connectivity index (χ4v) is 2.26. The molecule has 2 atom stereocenters. The van der Waals surface area contributed by atoms with Crippen molar-refractivity contribution in [1.82, 2.24) is 10.3 Å². The Morgan fingerprint density at radius 2 is 2.26 bits per heavy atom. The Balaban J connectivity index is 2.57. The van der Waals surface area contributed by atoms with E-state index in [0.29, 0.717) is 23.6 Å². The number of nitrogens with zero attached hydrogens (tertiary/aromatic N) is 1. The first kappa shape index (κ1) is 15.6. The van der Waals surface area contributed by atoms with Crippen molar-refractivity contribution in [2.45, 2.75) is 26.3 Å². The third-order valence-corrected chi connectivity index (χ3v) is 3.41. The second-order valence-electron chi connectivity index (χ2n) is 4.40. The van der Waals surface area contributed by atoms with Crippen LogP contribution in [0, 0.1) is 0 Å². The zero-order valence-electron chi connectivity index (χ0n) is 11.6. The van der Waals surface area contributed by atoms with Crippen molar-refractivity contribution in [3.63, 3.8) is 0 Å². The predicted octanol–water partition coefficient (Wildman–Crippen LogP) is 1.40. The molecule has 0 aliphatic rings. The lowest BCUT2D eigenvalue weighted by Crippen LogP contribution is -2.33. The van der Waals surface area contributed by atoms with Crippen molar-refractivity contribution in [2.75, 3.05) is 23.9 Å². The molecule has 1 amide bonds. The van der Waals surface area contributed by atoms with E-state index in [1.807, 2.05) is 13.8 Å². The maximum atomic E-state index is 12.0. The molecule has 1 aromatic heterocycles. The van der Waals surface area contributed by atoms with Crippen molar-refractivity contribution in [1.29, 1.82) is 0 Å². The van der Waals surface area contributed by atoms with Gasteiger partial charge in [-0.15, -0.1) is 0 Å². The maximum Gasteiger partial charge on any atom is 0.251 e. The molecule has 0 bridgehead atoms. The largest absolute Gasteiger partial charge is 0.370 e. The summed E-state index contributed by atoms with van der Waals surface area (Å²) in [5.74, 6) is 1.16. The molecule has 2 unspecified atom stereocenters. The van der Waals surface area contributed by atoms with Gasteiger partial charge in [-0.25, -0.2) is 4.98 Å². The summed E-state index contributed by atoms with van der Waals surface area (Å²) in [5, 5.41) is 5.96. The third kappa shape index (κ3) is 5.83. The normalized spacial score (nSPS) is 13.6. The fraction of sp³-hybridized carbons (Fsp3) is 0.538. The summed E-state index contributed by atoms with van der Waals surface area (Å²) in [6.45, 7) is 4.65. The average Bonchev–Trinajstić information content (AvgIpc) is 2.37. The predicted molar refractivity (Wildman–Crippen MR) is 78.9 cm³/mol. The second kappa shape index (κ2) is 7.89. The van der Waals surface area contributed by atoms with Gasteiger partial charge in [0.25, 0.3) is 5.91 Å². The van der Waals surface area contributed by atoms with Gasteiger partial charge < -0.3 is 10.6 Å². The summed E-state index contributed by atoms with van der Waals surface area (Å²) in [7, 11) is -0.823. The lowest BCUT2D eigenvalue weighted by Gasteiger charge is -2.13. The molecule has 0 spiro atoms. The van der Waals surface area contributed by atoms with Gasteiger partial charge in [0.2, 0.25) is 0 Å². The highest BCUT2D eigenvalue weighted by atomic mass is 32.2. The minimum atomic E-state index is -0.823. The van der Waals surface area contributed by atoms with Crippen molar-refractivity contribution in [2.24, 2.45) is 0 Å². The number of rotatable bonds is 7. The van der Waals surface area contributed by atoms with Gasteiger partial charge in [-0.05, 0) is 32.4 Å². The first-order valence-corrected chi connectivity index (χ1v) is 8.06. The first-order valence-electron chi connectivity index (χ1n) is 6.33. The van der Waals surface area contributed by atoms with Gasteiger partial charge in [0.05, 0.1) is 0 Å². The maximum absolute atomic E-state index is 12.0. The molecule has 0 aliphatic carbocycles. The van der Waals surface area contributed by atoms with Crippen LogP contribution < -0.4 is 10.6 Å². The van der Waals surface area contributed by atoms with Crippen LogP contribution in [0.5, 0.6) is 0 Å². The van der Waals surface area contributed by atoms with E-state index >= 15 is 0 Å². The van der Waals surface area contributed by atoms with Crippen molar-refractivity contribution >= 4 is 22.5 Å². The number of hydrogen-bond donors (Lipinski definition) is 2. The van der Waals surface area contributed by atoms with Crippen LogP contribution in [-0.2, 0) is 10.8 Å². The summed E-state index contributed by atoms with van der Waals surface area (Å²) in [6.07, 6.45) is 3.98. The number of carbonyl (C=O) groups excluding carboxylic acids is 1. The van der Waals surface area contributed by atoms with Crippen LogP contribution in [0.15, 0.2) is 18.3 Å². The number of carbonyl (C=O) groups is 1. The molecule has 106 valence electrons. The highest BCUT2D eigenvalue weighted by molar-refractivity contribution is 7.84. The van der Waals surface area contributed by atoms with Crippen molar-refractivity contribution in [3.8, 4) is 0 Å². The summed E-state index contributed by atoms with van der Waals surface area (Å²) in [4.78, 5) is 16.1. The highest BCUT2D eigenvalue weighted by Gasteiger charge is 2.10. The van der Waals surface area contributed by atoms with Crippen LogP contribution >= 0.6 is 0 Å². The Labute approximate surface area is 116 Å². The molecular formula is C13H21N3O2S. The van der Waals surface area contributed by atoms with Gasteiger partial charge in [-0.2, -0.15) is 0 Å². The topological polar surface area (TPSA) is 71.1 Å². The minimum absolute atomic E-state index is 0.00662. The molecule has 0 saturated carbocycles. The summed E-state index contributed by atoms with van der Waals surface area (Å²) in [6, 6.07) is 3.41. The van der Waals surface area contributed by atoms with Crippen LogP contribution in [0.2, 0.25) is 0 Å². The van der Waals surface area contributed by atoms with Crippen molar-refractivity contribution < 1.29 is 9.00 Å².